The van der Waals surface area contributed by atoms with Gasteiger partial charge in [0, 0.05) is 30.1 Å². The Hall–Kier alpha value is -3.54. The Kier molecular flexibility index (Phi) is 5.84. The molecule has 0 N–H and O–H groups in total. The van der Waals surface area contributed by atoms with Crippen LogP contribution in [0.15, 0.2) is 60.9 Å². The highest BCUT2D eigenvalue weighted by atomic mass is 16.5. The molecule has 3 aromatic rings. The van der Waals surface area contributed by atoms with E-state index in [1.807, 2.05) is 47.4 Å². The first-order chi connectivity index (χ1) is 14.7. The predicted octanol–water partition coefficient (Wildman–Crippen LogP) is 3.88. The maximum Gasteiger partial charge on any atom is 0.257 e. The lowest BCUT2D eigenvalue weighted by Gasteiger charge is -2.31. The van der Waals surface area contributed by atoms with Crippen LogP contribution in [0.2, 0.25) is 0 Å². The molecular formula is C24H24N2O4. The Morgan fingerprint density at radius 2 is 1.90 bits per heavy atom. The van der Waals surface area contributed by atoms with Crippen LogP contribution < -0.4 is 14.2 Å². The van der Waals surface area contributed by atoms with Crippen molar-refractivity contribution in [1.82, 2.24) is 9.88 Å². The standard InChI is InChI=1S/C24H24N2O4/c1-28-22-10-9-18-11-13-26(15-20(18)23(22)29-2)24(27)19-7-3-4-8-21(19)30-16-17-6-5-12-25-14-17/h3-10,12,14H,11,13,15-16H2,1-2H3. The number of benzene rings is 2. The van der Waals surface area contributed by atoms with Crippen LogP contribution >= 0.6 is 0 Å². The van der Waals surface area contributed by atoms with E-state index in [2.05, 4.69) is 4.98 Å². The lowest BCUT2D eigenvalue weighted by molar-refractivity contribution is 0.0728. The molecule has 1 aromatic heterocycles. The third-order valence-electron chi connectivity index (χ3n) is 5.27. The molecule has 0 fully saturated rings. The average Bonchev–Trinajstić information content (AvgIpc) is 2.82. The van der Waals surface area contributed by atoms with Gasteiger partial charge in [-0.25, -0.2) is 0 Å². The first kappa shape index (κ1) is 19.8. The van der Waals surface area contributed by atoms with Crippen LogP contribution in [0.3, 0.4) is 0 Å². The summed E-state index contributed by atoms with van der Waals surface area (Å²) in [5.74, 6) is 1.86. The fraction of sp³-hybridized carbons (Fsp3) is 0.250. The number of rotatable bonds is 6. The summed E-state index contributed by atoms with van der Waals surface area (Å²) in [7, 11) is 3.24. The number of pyridine rings is 1. The van der Waals surface area contributed by atoms with Crippen molar-refractivity contribution in [2.45, 2.75) is 19.6 Å². The van der Waals surface area contributed by atoms with Crippen LogP contribution in [0, 0.1) is 0 Å². The Morgan fingerprint density at radius 1 is 1.03 bits per heavy atom. The number of nitrogens with zero attached hydrogens (tertiary/aromatic N) is 2. The molecule has 0 unspecified atom stereocenters. The second-order valence-corrected chi connectivity index (χ2v) is 7.06. The molecule has 0 radical (unpaired) electrons. The van der Waals surface area contributed by atoms with Crippen LogP contribution in [0.5, 0.6) is 17.2 Å². The molecule has 6 heteroatoms. The fourth-order valence-corrected chi connectivity index (χ4v) is 3.72. The summed E-state index contributed by atoms with van der Waals surface area (Å²) in [4.78, 5) is 19.3. The van der Waals surface area contributed by atoms with Crippen LogP contribution in [0.1, 0.15) is 27.0 Å². The lowest BCUT2D eigenvalue weighted by Crippen LogP contribution is -2.36. The molecule has 0 atom stereocenters. The van der Waals surface area contributed by atoms with Crippen molar-refractivity contribution in [2.75, 3.05) is 20.8 Å². The van der Waals surface area contributed by atoms with Gasteiger partial charge in [-0.3, -0.25) is 9.78 Å². The zero-order valence-electron chi connectivity index (χ0n) is 17.1. The minimum Gasteiger partial charge on any atom is -0.493 e. The van der Waals surface area contributed by atoms with Crippen molar-refractivity contribution in [3.63, 3.8) is 0 Å². The quantitative estimate of drug-likeness (QED) is 0.624. The van der Waals surface area contributed by atoms with Crippen LogP contribution in [0.25, 0.3) is 0 Å². The maximum absolute atomic E-state index is 13.4. The SMILES string of the molecule is COc1ccc2c(c1OC)CN(C(=O)c1ccccc1OCc1cccnc1)CC2. The molecular weight excluding hydrogens is 380 g/mol. The lowest BCUT2D eigenvalue weighted by atomic mass is 9.97. The van der Waals surface area contributed by atoms with Crippen molar-refractivity contribution >= 4 is 5.91 Å². The second-order valence-electron chi connectivity index (χ2n) is 7.06. The maximum atomic E-state index is 13.4. The number of methoxy groups -OCH3 is 2. The number of hydrogen-bond donors (Lipinski definition) is 0. The molecule has 4 rings (SSSR count). The Labute approximate surface area is 176 Å². The van der Waals surface area contributed by atoms with Gasteiger partial charge >= 0.3 is 0 Å². The molecule has 30 heavy (non-hydrogen) atoms. The van der Waals surface area contributed by atoms with E-state index in [4.69, 9.17) is 14.2 Å². The fourth-order valence-electron chi connectivity index (χ4n) is 3.72. The number of carbonyl (C=O) groups excluding carboxylic acids is 1. The number of aromatic nitrogens is 1. The van der Waals surface area contributed by atoms with Gasteiger partial charge in [-0.2, -0.15) is 0 Å². The number of ether oxygens (including phenoxy) is 3. The number of hydrogen-bond acceptors (Lipinski definition) is 5. The highest BCUT2D eigenvalue weighted by Crippen LogP contribution is 2.37. The normalized spacial score (nSPS) is 12.8. The summed E-state index contributed by atoms with van der Waals surface area (Å²) in [5.41, 5.74) is 3.67. The minimum absolute atomic E-state index is 0.0627. The summed E-state index contributed by atoms with van der Waals surface area (Å²) in [6.07, 6.45) is 4.24. The smallest absolute Gasteiger partial charge is 0.257 e. The molecule has 1 aliphatic rings. The molecule has 0 aliphatic carbocycles. The van der Waals surface area contributed by atoms with E-state index in [1.165, 1.54) is 5.56 Å². The van der Waals surface area contributed by atoms with Crippen molar-refractivity contribution in [2.24, 2.45) is 0 Å². The minimum atomic E-state index is -0.0627. The molecule has 6 nitrogen and oxygen atoms in total. The van der Waals surface area contributed by atoms with E-state index in [9.17, 15) is 4.79 Å². The van der Waals surface area contributed by atoms with Crippen molar-refractivity contribution < 1.29 is 19.0 Å². The average molecular weight is 404 g/mol. The third-order valence-corrected chi connectivity index (χ3v) is 5.27. The van der Waals surface area contributed by atoms with E-state index in [0.717, 1.165) is 17.5 Å². The zero-order chi connectivity index (χ0) is 20.9. The van der Waals surface area contributed by atoms with Gasteiger partial charge in [0.25, 0.3) is 5.91 Å². The van der Waals surface area contributed by atoms with Gasteiger partial charge in [0.15, 0.2) is 11.5 Å². The van der Waals surface area contributed by atoms with Crippen LogP contribution in [-0.2, 0) is 19.6 Å². The summed E-state index contributed by atoms with van der Waals surface area (Å²) >= 11 is 0. The van der Waals surface area contributed by atoms with Gasteiger partial charge in [0.2, 0.25) is 0 Å². The van der Waals surface area contributed by atoms with Gasteiger partial charge < -0.3 is 19.1 Å². The Bertz CT molecular complexity index is 1040. The molecule has 0 saturated heterocycles. The Morgan fingerprint density at radius 3 is 2.67 bits per heavy atom. The van der Waals surface area contributed by atoms with E-state index in [0.29, 0.717) is 42.5 Å². The summed E-state index contributed by atoms with van der Waals surface area (Å²) in [6, 6.07) is 15.1. The Balaban J connectivity index is 1.56. The zero-order valence-corrected chi connectivity index (χ0v) is 17.1. The first-order valence-electron chi connectivity index (χ1n) is 9.84. The van der Waals surface area contributed by atoms with E-state index >= 15 is 0 Å². The number of amides is 1. The van der Waals surface area contributed by atoms with Gasteiger partial charge in [-0.05, 0) is 36.2 Å². The molecule has 2 heterocycles. The molecule has 1 amide bonds. The second kappa shape index (κ2) is 8.86. The molecule has 1 aliphatic heterocycles. The largest absolute Gasteiger partial charge is 0.493 e. The van der Waals surface area contributed by atoms with Gasteiger partial charge in [0.05, 0.1) is 26.3 Å². The molecule has 2 aromatic carbocycles. The predicted molar refractivity (Wildman–Crippen MR) is 113 cm³/mol. The molecule has 154 valence electrons. The molecule has 0 spiro atoms. The van der Waals surface area contributed by atoms with Crippen LogP contribution in [-0.4, -0.2) is 36.6 Å². The van der Waals surface area contributed by atoms with Gasteiger partial charge in [-0.1, -0.05) is 24.3 Å². The molecule has 0 bridgehead atoms. The number of para-hydroxylation sites is 1. The van der Waals surface area contributed by atoms with Crippen molar-refractivity contribution in [3.8, 4) is 17.2 Å². The first-order valence-corrected chi connectivity index (χ1v) is 9.84. The van der Waals surface area contributed by atoms with Gasteiger partial charge in [-0.15, -0.1) is 0 Å². The summed E-state index contributed by atoms with van der Waals surface area (Å²) in [6.45, 7) is 1.45. The van der Waals surface area contributed by atoms with E-state index in [-0.39, 0.29) is 5.91 Å². The van der Waals surface area contributed by atoms with E-state index < -0.39 is 0 Å². The highest BCUT2D eigenvalue weighted by Gasteiger charge is 2.27. The third kappa shape index (κ3) is 3.94. The van der Waals surface area contributed by atoms with Crippen molar-refractivity contribution in [1.29, 1.82) is 0 Å². The van der Waals surface area contributed by atoms with Gasteiger partial charge in [0.1, 0.15) is 12.4 Å². The monoisotopic (exact) mass is 404 g/mol. The molecule has 0 saturated carbocycles. The summed E-state index contributed by atoms with van der Waals surface area (Å²) < 4.78 is 17.0. The summed E-state index contributed by atoms with van der Waals surface area (Å²) in [5, 5.41) is 0. The topological polar surface area (TPSA) is 60.9 Å². The number of carbonyl (C=O) groups is 1. The number of fused-ring (bicyclic) bond motifs is 1. The van der Waals surface area contributed by atoms with Crippen molar-refractivity contribution in [3.05, 3.63) is 83.2 Å². The van der Waals surface area contributed by atoms with E-state index in [1.54, 1.807) is 32.7 Å². The highest BCUT2D eigenvalue weighted by molar-refractivity contribution is 5.97. The van der Waals surface area contributed by atoms with Crippen LogP contribution in [0.4, 0.5) is 0 Å².